The molecule has 4 aliphatic carbocycles. The van der Waals surface area contributed by atoms with Crippen molar-refractivity contribution in [2.75, 3.05) is 0 Å². The highest BCUT2D eigenvalue weighted by atomic mass is 35.5. The molecule has 6 rings (SSSR count). The van der Waals surface area contributed by atoms with E-state index >= 15 is 0 Å². The molecule has 0 aromatic carbocycles. The standard InChI is InChI=1S/C24H33ClN4O2/c1-5-20(24-9-16-6-17(10-24)8-18(7-16)11-24)26-23(30)22-19(15(4)31-28-22)12-29-14(3)21(25)13(2)27-29/h16-18,20H,5-12H2,1-4H3,(H,26,30). The van der Waals surface area contributed by atoms with Crippen molar-refractivity contribution in [3.63, 3.8) is 0 Å². The molecular formula is C24H33ClN4O2. The number of halogens is 1. The number of amides is 1. The molecule has 1 unspecified atom stereocenters. The van der Waals surface area contributed by atoms with E-state index in [9.17, 15) is 4.79 Å². The number of carbonyl (C=O) groups excluding carboxylic acids is 1. The summed E-state index contributed by atoms with van der Waals surface area (Å²) in [5, 5.41) is 12.7. The van der Waals surface area contributed by atoms with Crippen LogP contribution >= 0.6 is 11.6 Å². The molecule has 1 amide bonds. The largest absolute Gasteiger partial charge is 0.361 e. The van der Waals surface area contributed by atoms with Crippen LogP contribution in [0.2, 0.25) is 5.02 Å². The summed E-state index contributed by atoms with van der Waals surface area (Å²) in [4.78, 5) is 13.4. The quantitative estimate of drug-likeness (QED) is 0.662. The van der Waals surface area contributed by atoms with E-state index in [1.54, 1.807) is 0 Å². The summed E-state index contributed by atoms with van der Waals surface area (Å²) in [7, 11) is 0. The lowest BCUT2D eigenvalue weighted by molar-refractivity contribution is -0.0727. The van der Waals surface area contributed by atoms with Crippen LogP contribution in [0.4, 0.5) is 0 Å². The number of aryl methyl sites for hydroxylation is 2. The van der Waals surface area contributed by atoms with Gasteiger partial charge in [0.25, 0.3) is 5.91 Å². The molecule has 1 N–H and O–H groups in total. The Morgan fingerprint density at radius 3 is 2.32 bits per heavy atom. The Balaban J connectivity index is 1.38. The zero-order chi connectivity index (χ0) is 21.9. The molecule has 4 aliphatic rings. The number of carbonyl (C=O) groups is 1. The Labute approximate surface area is 189 Å². The number of rotatable bonds is 6. The molecule has 7 heteroatoms. The van der Waals surface area contributed by atoms with Crippen LogP contribution in [0.1, 0.15) is 85.1 Å². The van der Waals surface area contributed by atoms with Crippen LogP contribution in [0, 0.1) is 43.9 Å². The van der Waals surface area contributed by atoms with Crippen molar-refractivity contribution in [2.24, 2.45) is 23.2 Å². The number of aromatic nitrogens is 3. The fourth-order valence-electron chi connectivity index (χ4n) is 7.25. The van der Waals surface area contributed by atoms with E-state index in [4.69, 9.17) is 16.1 Å². The third-order valence-corrected chi connectivity index (χ3v) is 8.89. The van der Waals surface area contributed by atoms with E-state index in [1.165, 1.54) is 38.5 Å². The summed E-state index contributed by atoms with van der Waals surface area (Å²) in [6.07, 6.45) is 8.98. The lowest BCUT2D eigenvalue weighted by Gasteiger charge is -2.59. The topological polar surface area (TPSA) is 73.0 Å². The lowest BCUT2D eigenvalue weighted by Crippen LogP contribution is -2.56. The van der Waals surface area contributed by atoms with Gasteiger partial charge in [0.1, 0.15) is 5.76 Å². The van der Waals surface area contributed by atoms with Gasteiger partial charge in [0.2, 0.25) is 0 Å². The van der Waals surface area contributed by atoms with Gasteiger partial charge in [-0.1, -0.05) is 23.7 Å². The van der Waals surface area contributed by atoms with E-state index in [1.807, 2.05) is 25.5 Å². The van der Waals surface area contributed by atoms with Crippen molar-refractivity contribution in [2.45, 2.75) is 85.2 Å². The number of nitrogens with zero attached hydrogens (tertiary/aromatic N) is 3. The second kappa shape index (κ2) is 7.65. The first-order valence-corrected chi connectivity index (χ1v) is 12.1. The van der Waals surface area contributed by atoms with Gasteiger partial charge in [-0.25, -0.2) is 0 Å². The van der Waals surface area contributed by atoms with Crippen molar-refractivity contribution < 1.29 is 9.32 Å². The second-order valence-corrected chi connectivity index (χ2v) is 10.8. The Morgan fingerprint density at radius 2 is 1.81 bits per heavy atom. The second-order valence-electron chi connectivity index (χ2n) is 10.4. The average molecular weight is 445 g/mol. The molecule has 0 radical (unpaired) electrons. The van der Waals surface area contributed by atoms with Crippen molar-refractivity contribution in [3.8, 4) is 0 Å². The van der Waals surface area contributed by atoms with Crippen LogP contribution in [0.3, 0.4) is 0 Å². The highest BCUT2D eigenvalue weighted by Crippen LogP contribution is 2.61. The number of hydrogen-bond donors (Lipinski definition) is 1. The molecular weight excluding hydrogens is 412 g/mol. The minimum absolute atomic E-state index is 0.123. The van der Waals surface area contributed by atoms with E-state index in [2.05, 4.69) is 22.5 Å². The van der Waals surface area contributed by atoms with Gasteiger partial charge in [-0.3, -0.25) is 9.48 Å². The van der Waals surface area contributed by atoms with Gasteiger partial charge < -0.3 is 9.84 Å². The monoisotopic (exact) mass is 444 g/mol. The Bertz CT molecular complexity index is 972. The molecule has 31 heavy (non-hydrogen) atoms. The van der Waals surface area contributed by atoms with Gasteiger partial charge in [-0.15, -0.1) is 0 Å². The molecule has 4 fully saturated rings. The number of nitrogens with one attached hydrogen (secondary N) is 1. The molecule has 2 aromatic heterocycles. The first kappa shape index (κ1) is 21.0. The lowest BCUT2D eigenvalue weighted by atomic mass is 9.47. The Morgan fingerprint density at radius 1 is 1.19 bits per heavy atom. The van der Waals surface area contributed by atoms with E-state index in [0.717, 1.165) is 41.1 Å². The summed E-state index contributed by atoms with van der Waals surface area (Å²) >= 11 is 6.32. The molecule has 4 bridgehead atoms. The molecule has 6 nitrogen and oxygen atoms in total. The van der Waals surface area contributed by atoms with Gasteiger partial charge in [0.05, 0.1) is 23.0 Å². The molecule has 0 aliphatic heterocycles. The van der Waals surface area contributed by atoms with Crippen molar-refractivity contribution in [3.05, 3.63) is 33.4 Å². The highest BCUT2D eigenvalue weighted by Gasteiger charge is 2.54. The Hall–Kier alpha value is -1.82. The molecule has 0 saturated heterocycles. The maximum Gasteiger partial charge on any atom is 0.274 e. The Kier molecular flexibility index (Phi) is 5.19. The van der Waals surface area contributed by atoms with E-state index in [0.29, 0.717) is 23.0 Å². The molecule has 168 valence electrons. The van der Waals surface area contributed by atoms with Crippen molar-refractivity contribution in [1.82, 2.24) is 20.3 Å². The average Bonchev–Trinajstić information content (AvgIpc) is 3.20. The van der Waals surface area contributed by atoms with Gasteiger partial charge in [-0.05, 0) is 88.9 Å². The van der Waals surface area contributed by atoms with E-state index in [-0.39, 0.29) is 17.4 Å². The first-order valence-electron chi connectivity index (χ1n) is 11.7. The fourth-order valence-corrected chi connectivity index (χ4v) is 7.39. The van der Waals surface area contributed by atoms with Crippen molar-refractivity contribution >= 4 is 17.5 Å². The van der Waals surface area contributed by atoms with Crippen LogP contribution in [0.15, 0.2) is 4.52 Å². The molecule has 1 atom stereocenters. The number of hydrogen-bond acceptors (Lipinski definition) is 4. The van der Waals surface area contributed by atoms with Crippen molar-refractivity contribution in [1.29, 1.82) is 0 Å². The summed E-state index contributed by atoms with van der Waals surface area (Å²) in [6.45, 7) is 8.30. The maximum absolute atomic E-state index is 13.4. The minimum Gasteiger partial charge on any atom is -0.361 e. The first-order chi connectivity index (χ1) is 14.8. The molecule has 0 spiro atoms. The van der Waals surface area contributed by atoms with Crippen LogP contribution in [0.25, 0.3) is 0 Å². The summed E-state index contributed by atoms with van der Waals surface area (Å²) in [5.41, 5.74) is 3.09. The minimum atomic E-state index is -0.123. The SMILES string of the molecule is CCC(NC(=O)c1noc(C)c1Cn1nc(C)c(Cl)c1C)C12CC3CC(CC(C3)C1)C2. The molecule has 4 saturated carbocycles. The van der Waals surface area contributed by atoms with Crippen LogP contribution in [-0.4, -0.2) is 26.9 Å². The summed E-state index contributed by atoms with van der Waals surface area (Å²) in [5.74, 6) is 3.10. The third kappa shape index (κ3) is 3.51. The van der Waals surface area contributed by atoms with Gasteiger partial charge in [0, 0.05) is 11.6 Å². The highest BCUT2D eigenvalue weighted by molar-refractivity contribution is 6.31. The smallest absolute Gasteiger partial charge is 0.274 e. The third-order valence-electron chi connectivity index (χ3n) is 8.34. The van der Waals surface area contributed by atoms with Crippen LogP contribution < -0.4 is 5.32 Å². The maximum atomic E-state index is 13.4. The van der Waals surface area contributed by atoms with Gasteiger partial charge in [-0.2, -0.15) is 5.10 Å². The summed E-state index contributed by atoms with van der Waals surface area (Å²) < 4.78 is 7.27. The zero-order valence-electron chi connectivity index (χ0n) is 19.0. The van der Waals surface area contributed by atoms with E-state index < -0.39 is 0 Å². The molecule has 2 aromatic rings. The fraction of sp³-hybridized carbons (Fsp3) is 0.708. The van der Waals surface area contributed by atoms with Gasteiger partial charge in [0.15, 0.2) is 5.69 Å². The predicted octanol–water partition coefficient (Wildman–Crippen LogP) is 5.22. The van der Waals surface area contributed by atoms with Crippen LogP contribution in [-0.2, 0) is 6.54 Å². The molecule has 2 heterocycles. The normalized spacial score (nSPS) is 30.0. The zero-order valence-corrected chi connectivity index (χ0v) is 19.8. The summed E-state index contributed by atoms with van der Waals surface area (Å²) in [6, 6.07) is 0.196. The van der Waals surface area contributed by atoms with Crippen LogP contribution in [0.5, 0.6) is 0 Å². The predicted molar refractivity (Wildman–Crippen MR) is 119 cm³/mol. The van der Waals surface area contributed by atoms with Gasteiger partial charge >= 0.3 is 0 Å².